The Morgan fingerprint density at radius 1 is 1.12 bits per heavy atom. The lowest BCUT2D eigenvalue weighted by molar-refractivity contribution is -0.116. The van der Waals surface area contributed by atoms with Crippen LogP contribution in [0.25, 0.3) is 10.9 Å². The van der Waals surface area contributed by atoms with Gasteiger partial charge in [0.15, 0.2) is 0 Å². The van der Waals surface area contributed by atoms with E-state index in [1.54, 1.807) is 30.5 Å². The highest BCUT2D eigenvalue weighted by Gasteiger charge is 2.06. The molecule has 0 aliphatic heterocycles. The molecule has 0 spiro atoms. The molecule has 0 saturated heterocycles. The third kappa shape index (κ3) is 4.16. The molecule has 2 aromatic carbocycles. The second-order valence-corrected chi connectivity index (χ2v) is 5.86. The molecule has 0 aliphatic rings. The van der Waals surface area contributed by atoms with Crippen molar-refractivity contribution in [3.05, 3.63) is 65.9 Å². The molecule has 6 nitrogen and oxygen atoms in total. The van der Waals surface area contributed by atoms with Gasteiger partial charge < -0.3 is 10.3 Å². The van der Waals surface area contributed by atoms with Crippen LogP contribution in [0.4, 0.5) is 5.69 Å². The van der Waals surface area contributed by atoms with Gasteiger partial charge in [0.1, 0.15) is 0 Å². The second kappa shape index (κ2) is 8.11. The minimum Gasteiger partial charge on any atom is -0.361 e. The molecule has 1 aromatic heterocycles. The molecule has 26 heavy (non-hydrogen) atoms. The quantitative estimate of drug-likeness (QED) is 0.469. The summed E-state index contributed by atoms with van der Waals surface area (Å²) < 4.78 is 0. The zero-order chi connectivity index (χ0) is 18.4. The molecule has 2 amide bonds. The SMILES string of the molecule is CCCC(=O)Nc1ccc(C(=O)NN=Cc2c[nH]c3ccccc23)cc1. The predicted molar refractivity (Wildman–Crippen MR) is 103 cm³/mol. The van der Waals surface area contributed by atoms with E-state index in [4.69, 9.17) is 0 Å². The van der Waals surface area contributed by atoms with Crippen molar-refractivity contribution in [2.45, 2.75) is 19.8 Å². The van der Waals surface area contributed by atoms with Crippen LogP contribution in [0.15, 0.2) is 59.8 Å². The van der Waals surface area contributed by atoms with Gasteiger partial charge in [-0.25, -0.2) is 5.43 Å². The van der Waals surface area contributed by atoms with Crippen molar-refractivity contribution < 1.29 is 9.59 Å². The number of hydrazone groups is 1. The zero-order valence-electron chi connectivity index (χ0n) is 14.5. The fourth-order valence-corrected chi connectivity index (χ4v) is 2.58. The molecule has 1 heterocycles. The van der Waals surface area contributed by atoms with Crippen LogP contribution in [-0.4, -0.2) is 23.0 Å². The summed E-state index contributed by atoms with van der Waals surface area (Å²) in [5, 5.41) is 7.84. The first-order valence-corrected chi connectivity index (χ1v) is 8.47. The first-order valence-electron chi connectivity index (χ1n) is 8.47. The van der Waals surface area contributed by atoms with Crippen LogP contribution < -0.4 is 10.7 Å². The lowest BCUT2D eigenvalue weighted by Crippen LogP contribution is -2.17. The summed E-state index contributed by atoms with van der Waals surface area (Å²) in [6, 6.07) is 14.6. The highest BCUT2D eigenvalue weighted by molar-refractivity contribution is 6.00. The van der Waals surface area contributed by atoms with Gasteiger partial charge in [0.05, 0.1) is 6.21 Å². The Kier molecular flexibility index (Phi) is 5.43. The Morgan fingerprint density at radius 3 is 2.65 bits per heavy atom. The van der Waals surface area contributed by atoms with Gasteiger partial charge in [-0.05, 0) is 36.8 Å². The third-order valence-electron chi connectivity index (χ3n) is 3.90. The molecule has 0 unspecified atom stereocenters. The maximum Gasteiger partial charge on any atom is 0.271 e. The fourth-order valence-electron chi connectivity index (χ4n) is 2.58. The number of carbonyl (C=O) groups is 2. The van der Waals surface area contributed by atoms with Gasteiger partial charge in [0.25, 0.3) is 5.91 Å². The number of fused-ring (bicyclic) bond motifs is 1. The standard InChI is InChI=1S/C20H20N4O2/c1-2-5-19(25)23-16-10-8-14(9-11-16)20(26)24-22-13-15-12-21-18-7-4-3-6-17(15)18/h3-4,6-13,21H,2,5H2,1H3,(H,23,25)(H,24,26). The molecule has 0 radical (unpaired) electrons. The summed E-state index contributed by atoms with van der Waals surface area (Å²) >= 11 is 0. The molecular weight excluding hydrogens is 328 g/mol. The van der Waals surface area contributed by atoms with Gasteiger partial charge in [0.2, 0.25) is 5.91 Å². The number of aromatic nitrogens is 1. The van der Waals surface area contributed by atoms with Crippen molar-refractivity contribution in [3.63, 3.8) is 0 Å². The number of nitrogens with zero attached hydrogens (tertiary/aromatic N) is 1. The van der Waals surface area contributed by atoms with Gasteiger partial charge in [-0.3, -0.25) is 9.59 Å². The predicted octanol–water partition coefficient (Wildman–Crippen LogP) is 3.67. The number of amides is 2. The summed E-state index contributed by atoms with van der Waals surface area (Å²) in [7, 11) is 0. The number of hydrogen-bond donors (Lipinski definition) is 3. The van der Waals surface area contributed by atoms with E-state index in [2.05, 4.69) is 20.8 Å². The number of benzene rings is 2. The molecule has 132 valence electrons. The van der Waals surface area contributed by atoms with Crippen molar-refractivity contribution >= 4 is 34.6 Å². The molecule has 0 saturated carbocycles. The average Bonchev–Trinajstić information content (AvgIpc) is 3.06. The molecule has 0 fully saturated rings. The minimum absolute atomic E-state index is 0.0342. The minimum atomic E-state index is -0.312. The number of H-pyrrole nitrogens is 1. The van der Waals surface area contributed by atoms with Crippen molar-refractivity contribution in [1.29, 1.82) is 0 Å². The number of rotatable bonds is 6. The number of para-hydroxylation sites is 1. The molecule has 0 atom stereocenters. The first-order chi connectivity index (χ1) is 12.7. The number of nitrogens with one attached hydrogen (secondary N) is 3. The maximum absolute atomic E-state index is 12.2. The molecule has 3 aromatic rings. The summed E-state index contributed by atoms with van der Waals surface area (Å²) in [5.74, 6) is -0.347. The Morgan fingerprint density at radius 2 is 1.88 bits per heavy atom. The fraction of sp³-hybridized carbons (Fsp3) is 0.150. The Labute approximate surface area is 151 Å². The third-order valence-corrected chi connectivity index (χ3v) is 3.90. The maximum atomic E-state index is 12.2. The monoisotopic (exact) mass is 348 g/mol. The summed E-state index contributed by atoms with van der Waals surface area (Å²) in [4.78, 5) is 26.9. The normalized spacial score (nSPS) is 11.0. The van der Waals surface area contributed by atoms with Crippen molar-refractivity contribution in [3.8, 4) is 0 Å². The molecule has 3 N–H and O–H groups in total. The Balaban J connectivity index is 1.60. The van der Waals surface area contributed by atoms with Crippen molar-refractivity contribution in [2.75, 3.05) is 5.32 Å². The Hall–Kier alpha value is -3.41. The van der Waals surface area contributed by atoms with Gasteiger partial charge in [-0.15, -0.1) is 0 Å². The van der Waals surface area contributed by atoms with E-state index in [0.717, 1.165) is 22.9 Å². The van der Waals surface area contributed by atoms with Gasteiger partial charge >= 0.3 is 0 Å². The first kappa shape index (κ1) is 17.4. The van der Waals surface area contributed by atoms with Gasteiger partial charge in [0, 0.05) is 40.3 Å². The van der Waals surface area contributed by atoms with Crippen LogP contribution in [0.5, 0.6) is 0 Å². The van der Waals surface area contributed by atoms with E-state index >= 15 is 0 Å². The molecule has 3 rings (SSSR count). The zero-order valence-corrected chi connectivity index (χ0v) is 14.5. The van der Waals surface area contributed by atoms with Crippen molar-refractivity contribution in [2.24, 2.45) is 5.10 Å². The number of hydrogen-bond acceptors (Lipinski definition) is 3. The Bertz CT molecular complexity index is 942. The van der Waals surface area contributed by atoms with Crippen molar-refractivity contribution in [1.82, 2.24) is 10.4 Å². The smallest absolute Gasteiger partial charge is 0.271 e. The lowest BCUT2D eigenvalue weighted by Gasteiger charge is -2.05. The molecule has 0 bridgehead atoms. The number of aromatic amines is 1. The number of anilines is 1. The van der Waals surface area contributed by atoms with E-state index < -0.39 is 0 Å². The van der Waals surface area contributed by atoms with Crippen LogP contribution >= 0.6 is 0 Å². The van der Waals surface area contributed by atoms with Crippen LogP contribution in [0.2, 0.25) is 0 Å². The number of carbonyl (C=O) groups excluding carboxylic acids is 2. The largest absolute Gasteiger partial charge is 0.361 e. The summed E-state index contributed by atoms with van der Waals surface area (Å²) in [6.45, 7) is 1.95. The highest BCUT2D eigenvalue weighted by Crippen LogP contribution is 2.15. The molecule has 0 aliphatic carbocycles. The van der Waals surface area contributed by atoms with E-state index in [1.165, 1.54) is 0 Å². The van der Waals surface area contributed by atoms with Crippen LogP contribution in [0.3, 0.4) is 0 Å². The molecule has 6 heteroatoms. The van der Waals surface area contributed by atoms with Crippen LogP contribution in [-0.2, 0) is 4.79 Å². The topological polar surface area (TPSA) is 86.3 Å². The molecular formula is C20H20N4O2. The van der Waals surface area contributed by atoms with E-state index in [0.29, 0.717) is 17.7 Å². The van der Waals surface area contributed by atoms with Gasteiger partial charge in [-0.1, -0.05) is 25.1 Å². The second-order valence-electron chi connectivity index (χ2n) is 5.86. The summed E-state index contributed by atoms with van der Waals surface area (Å²) in [6.07, 6.45) is 4.72. The highest BCUT2D eigenvalue weighted by atomic mass is 16.2. The van der Waals surface area contributed by atoms with Crippen LogP contribution in [0, 0.1) is 0 Å². The average molecular weight is 348 g/mol. The van der Waals surface area contributed by atoms with E-state index in [1.807, 2.05) is 37.4 Å². The summed E-state index contributed by atoms with van der Waals surface area (Å²) in [5.41, 5.74) is 5.56. The van der Waals surface area contributed by atoms with E-state index in [-0.39, 0.29) is 11.8 Å². The van der Waals surface area contributed by atoms with Gasteiger partial charge in [-0.2, -0.15) is 5.10 Å². The van der Waals surface area contributed by atoms with E-state index in [9.17, 15) is 9.59 Å². The lowest BCUT2D eigenvalue weighted by atomic mass is 10.2. The van der Waals surface area contributed by atoms with Crippen LogP contribution in [0.1, 0.15) is 35.7 Å².